The lowest BCUT2D eigenvalue weighted by Crippen LogP contribution is -3.00. The Hall–Kier alpha value is -0.680. The Morgan fingerprint density at radius 3 is 2.45 bits per heavy atom. The van der Waals surface area contributed by atoms with Gasteiger partial charge in [-0.2, -0.15) is 0 Å². The molecular weight excluding hydrogens is 323 g/mol. The molecule has 3 atom stereocenters. The predicted octanol–water partition coefficient (Wildman–Crippen LogP) is -3.80. The van der Waals surface area contributed by atoms with Crippen molar-refractivity contribution >= 4 is 0 Å². The van der Waals surface area contributed by atoms with Gasteiger partial charge in [-0.05, 0) is 42.0 Å². The highest BCUT2D eigenvalue weighted by Gasteiger charge is 2.36. The molecule has 0 saturated carbocycles. The SMILES string of the molecule is COc1cc2c(cc1OC)[C@@H]1C[C@H](N)[C@@H](C)CN1CC2.[Cl-].[Cl-].[H+].[H+]. The maximum atomic E-state index is 6.29. The van der Waals surface area contributed by atoms with Crippen LogP contribution in [0.15, 0.2) is 12.1 Å². The quantitative estimate of drug-likeness (QED) is 0.595. The third kappa shape index (κ3) is 3.30. The van der Waals surface area contributed by atoms with Gasteiger partial charge in [-0.25, -0.2) is 0 Å². The summed E-state index contributed by atoms with van der Waals surface area (Å²) in [7, 11) is 3.39. The lowest BCUT2D eigenvalue weighted by molar-refractivity contribution is -0.001000. The molecule has 0 amide bonds. The van der Waals surface area contributed by atoms with E-state index in [0.717, 1.165) is 37.4 Å². The summed E-state index contributed by atoms with van der Waals surface area (Å²) in [5.41, 5.74) is 9.04. The largest absolute Gasteiger partial charge is 1.00 e. The van der Waals surface area contributed by atoms with Crippen LogP contribution in [-0.2, 0) is 6.42 Å². The average Bonchev–Trinajstić information content (AvgIpc) is 2.47. The van der Waals surface area contributed by atoms with Gasteiger partial charge in [0, 0.05) is 25.2 Å². The molecule has 1 aromatic rings. The van der Waals surface area contributed by atoms with Crippen LogP contribution in [-0.4, -0.2) is 38.3 Å². The van der Waals surface area contributed by atoms with Crippen LogP contribution in [0.2, 0.25) is 0 Å². The number of piperidine rings is 1. The van der Waals surface area contributed by atoms with Crippen molar-refractivity contribution in [3.05, 3.63) is 23.3 Å². The first kappa shape index (κ1) is 19.4. The fourth-order valence-corrected chi connectivity index (χ4v) is 3.57. The van der Waals surface area contributed by atoms with Gasteiger partial charge in [-0.15, -0.1) is 0 Å². The van der Waals surface area contributed by atoms with Crippen molar-refractivity contribution in [2.75, 3.05) is 27.3 Å². The Labute approximate surface area is 148 Å². The number of benzene rings is 1. The summed E-state index contributed by atoms with van der Waals surface area (Å²) < 4.78 is 10.9. The van der Waals surface area contributed by atoms with E-state index in [1.807, 2.05) is 0 Å². The van der Waals surface area contributed by atoms with Crippen molar-refractivity contribution in [1.29, 1.82) is 0 Å². The van der Waals surface area contributed by atoms with Crippen LogP contribution in [0.1, 0.15) is 33.4 Å². The molecule has 2 aliphatic heterocycles. The molecule has 1 saturated heterocycles. The summed E-state index contributed by atoms with van der Waals surface area (Å²) in [5.74, 6) is 2.22. The molecule has 2 N–H and O–H groups in total. The molecule has 126 valence electrons. The molecule has 1 aromatic carbocycles. The molecule has 0 spiro atoms. The topological polar surface area (TPSA) is 47.7 Å². The predicted molar refractivity (Wildman–Crippen MR) is 81.5 cm³/mol. The van der Waals surface area contributed by atoms with Crippen molar-refractivity contribution in [2.45, 2.75) is 31.8 Å². The Morgan fingerprint density at radius 2 is 1.82 bits per heavy atom. The molecule has 0 bridgehead atoms. The van der Waals surface area contributed by atoms with Crippen LogP contribution in [0.25, 0.3) is 0 Å². The average molecular weight is 349 g/mol. The number of nitrogens with zero attached hydrogens (tertiary/aromatic N) is 1. The third-order valence-corrected chi connectivity index (χ3v) is 4.86. The zero-order chi connectivity index (χ0) is 14.3. The normalized spacial score (nSPS) is 26.8. The van der Waals surface area contributed by atoms with Gasteiger partial charge in [0.05, 0.1) is 14.2 Å². The van der Waals surface area contributed by atoms with E-state index in [4.69, 9.17) is 15.2 Å². The monoisotopic (exact) mass is 348 g/mol. The van der Waals surface area contributed by atoms with Crippen LogP contribution in [0.5, 0.6) is 11.5 Å². The van der Waals surface area contributed by atoms with Gasteiger partial charge in [-0.3, -0.25) is 4.90 Å². The summed E-state index contributed by atoms with van der Waals surface area (Å²) in [4.78, 5) is 2.57. The minimum Gasteiger partial charge on any atom is -1.00 e. The summed E-state index contributed by atoms with van der Waals surface area (Å²) in [6.45, 7) is 4.47. The number of methoxy groups -OCH3 is 2. The molecule has 0 radical (unpaired) electrons. The number of hydrogen-bond acceptors (Lipinski definition) is 4. The molecule has 22 heavy (non-hydrogen) atoms. The van der Waals surface area contributed by atoms with E-state index in [9.17, 15) is 0 Å². The Kier molecular flexibility index (Phi) is 6.81. The summed E-state index contributed by atoms with van der Waals surface area (Å²) in [6.07, 6.45) is 2.11. The molecule has 2 heterocycles. The zero-order valence-corrected chi connectivity index (χ0v) is 14.8. The lowest BCUT2D eigenvalue weighted by atomic mass is 9.81. The molecule has 0 aromatic heterocycles. The van der Waals surface area contributed by atoms with Gasteiger partial charge in [0.2, 0.25) is 0 Å². The van der Waals surface area contributed by atoms with Crippen molar-refractivity contribution in [1.82, 2.24) is 4.90 Å². The molecule has 0 aliphatic carbocycles. The van der Waals surface area contributed by atoms with Crippen molar-refractivity contribution in [3.8, 4) is 11.5 Å². The van der Waals surface area contributed by atoms with E-state index >= 15 is 0 Å². The smallest absolute Gasteiger partial charge is 1.00 e. The number of fused-ring (bicyclic) bond motifs is 3. The maximum absolute atomic E-state index is 6.29. The Morgan fingerprint density at radius 1 is 1.18 bits per heavy atom. The number of ether oxygens (including phenoxy) is 2. The van der Waals surface area contributed by atoms with E-state index in [-0.39, 0.29) is 33.7 Å². The number of rotatable bonds is 2. The van der Waals surface area contributed by atoms with Crippen LogP contribution in [0.4, 0.5) is 0 Å². The van der Waals surface area contributed by atoms with E-state index in [1.54, 1.807) is 14.2 Å². The Bertz CT molecular complexity index is 523. The van der Waals surface area contributed by atoms with Gasteiger partial charge in [0.1, 0.15) is 0 Å². The number of nitrogens with two attached hydrogens (primary N) is 1. The second-order valence-electron chi connectivity index (χ2n) is 6.04. The molecule has 2 aliphatic rings. The van der Waals surface area contributed by atoms with Crippen molar-refractivity contribution < 1.29 is 37.1 Å². The van der Waals surface area contributed by atoms with Crippen molar-refractivity contribution in [3.63, 3.8) is 0 Å². The number of halogens is 2. The molecule has 4 nitrogen and oxygen atoms in total. The molecule has 6 heteroatoms. The van der Waals surface area contributed by atoms with E-state index in [0.29, 0.717) is 12.0 Å². The van der Waals surface area contributed by atoms with E-state index in [1.165, 1.54) is 11.1 Å². The first-order valence-corrected chi connectivity index (χ1v) is 7.38. The second kappa shape index (κ2) is 7.73. The summed E-state index contributed by atoms with van der Waals surface area (Å²) in [6, 6.07) is 5.00. The van der Waals surface area contributed by atoms with Crippen LogP contribution >= 0.6 is 0 Å². The summed E-state index contributed by atoms with van der Waals surface area (Å²) in [5, 5.41) is 0. The third-order valence-electron chi connectivity index (χ3n) is 4.86. The minimum absolute atomic E-state index is 0. The standard InChI is InChI=1S/C16H24N2O2.2ClH/c1-10-9-18-5-4-11-6-15(19-2)16(20-3)7-12(11)14(18)8-13(10)17;;/h6-7,10,13-14H,4-5,8-9,17H2,1-3H3;2*1H/t10-,13-,14-;;/m0../s1. The first-order valence-electron chi connectivity index (χ1n) is 7.38. The van der Waals surface area contributed by atoms with Gasteiger partial charge in [0.15, 0.2) is 11.5 Å². The lowest BCUT2D eigenvalue weighted by Gasteiger charge is -2.45. The van der Waals surface area contributed by atoms with Gasteiger partial charge < -0.3 is 40.0 Å². The Balaban J connectivity index is 0. The molecule has 0 unspecified atom stereocenters. The van der Waals surface area contributed by atoms with Gasteiger partial charge in [-0.1, -0.05) is 6.92 Å². The van der Waals surface area contributed by atoms with Crippen LogP contribution in [0, 0.1) is 5.92 Å². The van der Waals surface area contributed by atoms with Crippen LogP contribution in [0.3, 0.4) is 0 Å². The second-order valence-corrected chi connectivity index (χ2v) is 6.04. The highest BCUT2D eigenvalue weighted by atomic mass is 35.5. The molecule has 1 fully saturated rings. The maximum Gasteiger partial charge on any atom is 1.00 e. The molecular formula is C16H26Cl2N2O2. The van der Waals surface area contributed by atoms with E-state index < -0.39 is 0 Å². The highest BCUT2D eigenvalue weighted by Crippen LogP contribution is 2.42. The van der Waals surface area contributed by atoms with Crippen LogP contribution < -0.4 is 40.0 Å². The fraction of sp³-hybridized carbons (Fsp3) is 0.625. The summed E-state index contributed by atoms with van der Waals surface area (Å²) >= 11 is 0. The van der Waals surface area contributed by atoms with Crippen molar-refractivity contribution in [2.24, 2.45) is 11.7 Å². The first-order chi connectivity index (χ1) is 9.63. The minimum atomic E-state index is 0. The number of hydrogen-bond donors (Lipinski definition) is 1. The highest BCUT2D eigenvalue weighted by molar-refractivity contribution is 5.49. The fourth-order valence-electron chi connectivity index (χ4n) is 3.57. The van der Waals surface area contributed by atoms with Gasteiger partial charge >= 0.3 is 2.85 Å². The zero-order valence-electron chi connectivity index (χ0n) is 15.3. The molecule has 3 rings (SSSR count). The van der Waals surface area contributed by atoms with E-state index in [2.05, 4.69) is 24.0 Å². The van der Waals surface area contributed by atoms with Gasteiger partial charge in [0.25, 0.3) is 0 Å².